The number of rotatable bonds is 4. The van der Waals surface area contributed by atoms with Gasteiger partial charge in [0.1, 0.15) is 6.04 Å². The van der Waals surface area contributed by atoms with Gasteiger partial charge >= 0.3 is 12.0 Å². The summed E-state index contributed by atoms with van der Waals surface area (Å²) in [5.41, 5.74) is 0. The largest absolute Gasteiger partial charge is 0.480 e. The van der Waals surface area contributed by atoms with E-state index in [1.165, 1.54) is 0 Å². The van der Waals surface area contributed by atoms with E-state index in [0.717, 1.165) is 32.1 Å². The summed E-state index contributed by atoms with van der Waals surface area (Å²) < 4.78 is 0. The van der Waals surface area contributed by atoms with Crippen molar-refractivity contribution >= 4 is 35.5 Å². The van der Waals surface area contributed by atoms with E-state index < -0.39 is 12.0 Å². The van der Waals surface area contributed by atoms with Crippen LogP contribution < -0.4 is 5.32 Å². The van der Waals surface area contributed by atoms with E-state index in [4.69, 9.17) is 0 Å². The third-order valence-electron chi connectivity index (χ3n) is 4.63. The van der Waals surface area contributed by atoms with Crippen LogP contribution in [0.2, 0.25) is 0 Å². The number of nitrogens with one attached hydrogen (secondary N) is 1. The molecule has 0 aromatic rings. The molecule has 1 aliphatic heterocycles. The van der Waals surface area contributed by atoms with Gasteiger partial charge in [-0.2, -0.15) is 11.8 Å². The summed E-state index contributed by atoms with van der Waals surface area (Å²) in [4.78, 5) is 25.6. The van der Waals surface area contributed by atoms with Crippen LogP contribution in [0.15, 0.2) is 0 Å². The zero-order chi connectivity index (χ0) is 15.0. The average molecular weight is 330 g/mol. The molecular formula is C14H22N2O3S2. The van der Waals surface area contributed by atoms with Crippen LogP contribution in [0.4, 0.5) is 4.79 Å². The van der Waals surface area contributed by atoms with Gasteiger partial charge in [-0.1, -0.05) is 0 Å². The van der Waals surface area contributed by atoms with Gasteiger partial charge in [0.2, 0.25) is 0 Å². The van der Waals surface area contributed by atoms with E-state index in [1.54, 1.807) is 16.7 Å². The molecule has 3 fully saturated rings. The summed E-state index contributed by atoms with van der Waals surface area (Å²) in [6, 6.07) is -0.635. The molecule has 21 heavy (non-hydrogen) atoms. The van der Waals surface area contributed by atoms with Gasteiger partial charge in [-0.25, -0.2) is 9.59 Å². The molecule has 2 amide bonds. The highest BCUT2D eigenvalue weighted by molar-refractivity contribution is 8.00. The van der Waals surface area contributed by atoms with Crippen molar-refractivity contribution in [1.29, 1.82) is 0 Å². The third-order valence-corrected chi connectivity index (χ3v) is 7.18. The van der Waals surface area contributed by atoms with E-state index in [9.17, 15) is 14.7 Å². The Kier molecular flexibility index (Phi) is 4.59. The molecule has 0 aromatic heterocycles. The Balaban J connectivity index is 1.64. The van der Waals surface area contributed by atoms with Crippen molar-refractivity contribution in [2.75, 3.05) is 12.0 Å². The van der Waals surface area contributed by atoms with Crippen molar-refractivity contribution in [3.05, 3.63) is 0 Å². The van der Waals surface area contributed by atoms with Gasteiger partial charge in [0.25, 0.3) is 0 Å². The predicted molar refractivity (Wildman–Crippen MR) is 85.7 cm³/mol. The number of amides is 2. The summed E-state index contributed by atoms with van der Waals surface area (Å²) in [6.45, 7) is 0. The zero-order valence-electron chi connectivity index (χ0n) is 12.2. The van der Waals surface area contributed by atoms with Crippen molar-refractivity contribution in [2.24, 2.45) is 5.92 Å². The Morgan fingerprint density at radius 3 is 2.62 bits per heavy atom. The van der Waals surface area contributed by atoms with E-state index in [-0.39, 0.29) is 17.4 Å². The molecule has 2 saturated carbocycles. The van der Waals surface area contributed by atoms with Gasteiger partial charge in [-0.05, 0) is 44.3 Å². The molecule has 3 aliphatic rings. The molecule has 2 aliphatic carbocycles. The van der Waals surface area contributed by atoms with Gasteiger partial charge in [0.15, 0.2) is 0 Å². The number of hydrogen-bond donors (Lipinski definition) is 2. The molecule has 3 rings (SSSR count). The Morgan fingerprint density at radius 2 is 2.05 bits per heavy atom. The van der Waals surface area contributed by atoms with Crippen LogP contribution in [-0.2, 0) is 4.79 Å². The maximum Gasteiger partial charge on any atom is 0.327 e. The minimum Gasteiger partial charge on any atom is -0.480 e. The normalized spacial score (nSPS) is 36.0. The monoisotopic (exact) mass is 330 g/mol. The Labute approximate surface area is 133 Å². The number of carbonyl (C=O) groups is 2. The minimum atomic E-state index is -0.880. The van der Waals surface area contributed by atoms with Gasteiger partial charge in [-0.3, -0.25) is 4.90 Å². The second-order valence-electron chi connectivity index (χ2n) is 6.14. The molecule has 7 heteroatoms. The van der Waals surface area contributed by atoms with E-state index >= 15 is 0 Å². The van der Waals surface area contributed by atoms with E-state index in [1.807, 2.05) is 11.8 Å². The highest BCUT2D eigenvalue weighted by Gasteiger charge is 2.48. The minimum absolute atomic E-state index is 0.0591. The van der Waals surface area contributed by atoms with Crippen molar-refractivity contribution in [3.63, 3.8) is 0 Å². The van der Waals surface area contributed by atoms with Crippen LogP contribution in [-0.4, -0.2) is 56.7 Å². The SMILES string of the molecule is CSC1CCC(NC(=O)N2C(C(=O)O)CSC2C2CC2)C1. The van der Waals surface area contributed by atoms with Crippen molar-refractivity contribution < 1.29 is 14.7 Å². The first-order valence-electron chi connectivity index (χ1n) is 7.56. The Morgan fingerprint density at radius 1 is 1.29 bits per heavy atom. The van der Waals surface area contributed by atoms with Crippen LogP contribution in [0.5, 0.6) is 0 Å². The molecular weight excluding hydrogens is 308 g/mol. The lowest BCUT2D eigenvalue weighted by molar-refractivity contribution is -0.141. The summed E-state index contributed by atoms with van der Waals surface area (Å²) >= 11 is 3.48. The van der Waals surface area contributed by atoms with E-state index in [0.29, 0.717) is 16.9 Å². The standard InChI is InChI=1S/C14H22N2O3S2/c1-20-10-5-4-9(6-10)15-14(19)16-11(13(17)18)7-21-12(16)8-2-3-8/h8-12H,2-7H2,1H3,(H,15,19)(H,17,18). The second-order valence-corrected chi connectivity index (χ2v) is 8.43. The molecule has 0 aromatic carbocycles. The topological polar surface area (TPSA) is 69.6 Å². The molecule has 118 valence electrons. The van der Waals surface area contributed by atoms with Crippen LogP contribution in [0.1, 0.15) is 32.1 Å². The number of carboxylic acid groups (broad SMARTS) is 1. The molecule has 4 unspecified atom stereocenters. The third kappa shape index (κ3) is 3.28. The fraction of sp³-hybridized carbons (Fsp3) is 0.857. The highest BCUT2D eigenvalue weighted by atomic mass is 32.2. The van der Waals surface area contributed by atoms with Gasteiger partial charge in [0, 0.05) is 17.0 Å². The van der Waals surface area contributed by atoms with Crippen molar-refractivity contribution in [3.8, 4) is 0 Å². The highest BCUT2D eigenvalue weighted by Crippen LogP contribution is 2.45. The molecule has 1 saturated heterocycles. The lowest BCUT2D eigenvalue weighted by Gasteiger charge is -2.29. The van der Waals surface area contributed by atoms with Crippen LogP contribution >= 0.6 is 23.5 Å². The first-order valence-corrected chi connectivity index (χ1v) is 9.90. The van der Waals surface area contributed by atoms with Crippen LogP contribution in [0, 0.1) is 5.92 Å². The molecule has 5 nitrogen and oxygen atoms in total. The number of carbonyl (C=O) groups excluding carboxylic acids is 1. The van der Waals surface area contributed by atoms with Crippen LogP contribution in [0.3, 0.4) is 0 Å². The van der Waals surface area contributed by atoms with Gasteiger partial charge in [0.05, 0.1) is 5.37 Å². The quantitative estimate of drug-likeness (QED) is 0.827. The molecule has 1 heterocycles. The molecule has 0 spiro atoms. The number of aliphatic carboxylic acids is 1. The molecule has 0 bridgehead atoms. The smallest absolute Gasteiger partial charge is 0.327 e. The van der Waals surface area contributed by atoms with Crippen molar-refractivity contribution in [2.45, 2.75) is 54.8 Å². The van der Waals surface area contributed by atoms with Gasteiger partial charge in [-0.15, -0.1) is 11.8 Å². The molecule has 0 radical (unpaired) electrons. The summed E-state index contributed by atoms with van der Waals surface area (Å²) in [7, 11) is 0. The summed E-state index contributed by atoms with van der Waals surface area (Å²) in [6.07, 6.45) is 7.48. The number of hydrogen-bond acceptors (Lipinski definition) is 4. The maximum atomic E-state index is 12.6. The Hall–Kier alpha value is -0.560. The first-order chi connectivity index (χ1) is 10.1. The predicted octanol–water partition coefficient (Wildman–Crippen LogP) is 2.22. The van der Waals surface area contributed by atoms with Gasteiger partial charge < -0.3 is 10.4 Å². The lowest BCUT2D eigenvalue weighted by atomic mass is 10.2. The molecule has 4 atom stereocenters. The average Bonchev–Trinajstić information content (AvgIpc) is 3.03. The number of nitrogens with zero attached hydrogens (tertiary/aromatic N) is 1. The second kappa shape index (κ2) is 6.28. The first kappa shape index (κ1) is 15.3. The lowest BCUT2D eigenvalue weighted by Crippen LogP contribution is -2.52. The van der Waals surface area contributed by atoms with Crippen molar-refractivity contribution in [1.82, 2.24) is 10.2 Å². The zero-order valence-corrected chi connectivity index (χ0v) is 13.8. The summed E-state index contributed by atoms with van der Waals surface area (Å²) in [5.74, 6) is 0.129. The van der Waals surface area contributed by atoms with Crippen LogP contribution in [0.25, 0.3) is 0 Å². The number of urea groups is 1. The number of carboxylic acids is 1. The fourth-order valence-electron chi connectivity index (χ4n) is 3.25. The summed E-state index contributed by atoms with van der Waals surface area (Å²) in [5, 5.41) is 13.1. The Bertz CT molecular complexity index is 430. The number of thioether (sulfide) groups is 2. The van der Waals surface area contributed by atoms with E-state index in [2.05, 4.69) is 11.6 Å². The molecule has 2 N–H and O–H groups in total. The fourth-order valence-corrected chi connectivity index (χ4v) is 5.68. The maximum absolute atomic E-state index is 12.6.